The second kappa shape index (κ2) is 5.24. The van der Waals surface area contributed by atoms with Gasteiger partial charge in [0.2, 0.25) is 0 Å². The van der Waals surface area contributed by atoms with Crippen LogP contribution in [0.2, 0.25) is 0 Å². The van der Waals surface area contributed by atoms with Crippen molar-refractivity contribution in [3.05, 3.63) is 35.6 Å². The Morgan fingerprint density at radius 2 is 2.20 bits per heavy atom. The second-order valence-electron chi connectivity index (χ2n) is 4.08. The van der Waals surface area contributed by atoms with Crippen LogP contribution in [0.25, 0.3) is 0 Å². The Morgan fingerprint density at radius 3 is 2.80 bits per heavy atom. The van der Waals surface area contributed by atoms with Crippen LogP contribution in [-0.4, -0.2) is 23.8 Å². The first-order chi connectivity index (χ1) is 7.03. The zero-order chi connectivity index (χ0) is 11.3. The topological polar surface area (TPSA) is 32.3 Å². The van der Waals surface area contributed by atoms with Gasteiger partial charge in [-0.15, -0.1) is 0 Å². The summed E-state index contributed by atoms with van der Waals surface area (Å²) in [6.45, 7) is 5.07. The lowest BCUT2D eigenvalue weighted by atomic mass is 9.96. The molecule has 0 spiro atoms. The third-order valence-corrected chi connectivity index (χ3v) is 2.23. The molecule has 0 aliphatic heterocycles. The average molecular weight is 211 g/mol. The molecular formula is C12H18FNO. The largest absolute Gasteiger partial charge is 0.389 e. The molecule has 1 atom stereocenters. The summed E-state index contributed by atoms with van der Waals surface area (Å²) in [6.07, 6.45) is 0.456. The van der Waals surface area contributed by atoms with Crippen molar-refractivity contribution in [2.24, 2.45) is 0 Å². The first-order valence-corrected chi connectivity index (χ1v) is 5.21. The van der Waals surface area contributed by atoms with E-state index in [1.165, 1.54) is 12.1 Å². The van der Waals surface area contributed by atoms with Crippen LogP contribution < -0.4 is 5.32 Å². The first kappa shape index (κ1) is 12.1. The van der Waals surface area contributed by atoms with Crippen LogP contribution in [0.15, 0.2) is 24.3 Å². The molecule has 15 heavy (non-hydrogen) atoms. The molecule has 1 aromatic carbocycles. The molecule has 0 saturated carbocycles. The molecule has 0 bridgehead atoms. The maximum Gasteiger partial charge on any atom is 0.123 e. The lowest BCUT2D eigenvalue weighted by Crippen LogP contribution is -2.39. The molecule has 2 nitrogen and oxygen atoms in total. The van der Waals surface area contributed by atoms with Gasteiger partial charge in [0.05, 0.1) is 5.60 Å². The van der Waals surface area contributed by atoms with Crippen molar-refractivity contribution < 1.29 is 9.50 Å². The molecule has 0 amide bonds. The van der Waals surface area contributed by atoms with Crippen molar-refractivity contribution in [3.8, 4) is 0 Å². The summed E-state index contributed by atoms with van der Waals surface area (Å²) in [6, 6.07) is 6.35. The molecule has 0 aliphatic carbocycles. The van der Waals surface area contributed by atoms with Gasteiger partial charge in [-0.1, -0.05) is 19.1 Å². The second-order valence-corrected chi connectivity index (χ2v) is 4.08. The summed E-state index contributed by atoms with van der Waals surface area (Å²) in [4.78, 5) is 0. The van der Waals surface area contributed by atoms with E-state index in [0.29, 0.717) is 13.0 Å². The number of nitrogens with one attached hydrogen (secondary N) is 1. The lowest BCUT2D eigenvalue weighted by Gasteiger charge is -2.23. The highest BCUT2D eigenvalue weighted by Gasteiger charge is 2.20. The van der Waals surface area contributed by atoms with Gasteiger partial charge in [0.15, 0.2) is 0 Å². The zero-order valence-electron chi connectivity index (χ0n) is 9.26. The van der Waals surface area contributed by atoms with Crippen molar-refractivity contribution in [1.82, 2.24) is 5.32 Å². The normalized spacial score (nSPS) is 14.9. The van der Waals surface area contributed by atoms with Gasteiger partial charge < -0.3 is 10.4 Å². The predicted octanol–water partition coefficient (Wildman–Crippen LogP) is 1.73. The monoisotopic (exact) mass is 211 g/mol. The summed E-state index contributed by atoms with van der Waals surface area (Å²) >= 11 is 0. The summed E-state index contributed by atoms with van der Waals surface area (Å²) in [7, 11) is 0. The van der Waals surface area contributed by atoms with Gasteiger partial charge in [0.1, 0.15) is 5.82 Å². The van der Waals surface area contributed by atoms with E-state index in [9.17, 15) is 9.50 Å². The van der Waals surface area contributed by atoms with Crippen LogP contribution in [0.4, 0.5) is 4.39 Å². The molecule has 1 aromatic rings. The Kier molecular flexibility index (Phi) is 4.24. The van der Waals surface area contributed by atoms with Gasteiger partial charge in [-0.2, -0.15) is 0 Å². The van der Waals surface area contributed by atoms with Crippen molar-refractivity contribution in [2.75, 3.05) is 13.1 Å². The molecule has 0 fully saturated rings. The van der Waals surface area contributed by atoms with Crippen molar-refractivity contribution in [2.45, 2.75) is 25.9 Å². The molecule has 0 aromatic heterocycles. The molecule has 84 valence electrons. The number of rotatable bonds is 5. The molecule has 1 unspecified atom stereocenters. The lowest BCUT2D eigenvalue weighted by molar-refractivity contribution is 0.0607. The molecule has 0 radical (unpaired) electrons. The van der Waals surface area contributed by atoms with E-state index in [4.69, 9.17) is 0 Å². The van der Waals surface area contributed by atoms with Gasteiger partial charge >= 0.3 is 0 Å². The molecular weight excluding hydrogens is 193 g/mol. The Hall–Kier alpha value is -0.930. The maximum absolute atomic E-state index is 12.9. The maximum atomic E-state index is 12.9. The molecule has 2 N–H and O–H groups in total. The fraction of sp³-hybridized carbons (Fsp3) is 0.500. The molecule has 0 saturated heterocycles. The van der Waals surface area contributed by atoms with E-state index in [1.54, 1.807) is 13.0 Å². The Bertz CT molecular complexity index is 312. The van der Waals surface area contributed by atoms with Crippen LogP contribution in [0, 0.1) is 5.82 Å². The molecule has 0 aliphatic rings. The van der Waals surface area contributed by atoms with E-state index in [0.717, 1.165) is 12.1 Å². The SMILES string of the molecule is CCNCC(C)(O)Cc1cccc(F)c1. The zero-order valence-corrected chi connectivity index (χ0v) is 9.26. The third-order valence-electron chi connectivity index (χ3n) is 2.23. The van der Waals surface area contributed by atoms with Crippen LogP contribution in [0.1, 0.15) is 19.4 Å². The highest BCUT2D eigenvalue weighted by atomic mass is 19.1. The Balaban J connectivity index is 2.60. The number of halogens is 1. The summed E-state index contributed by atoms with van der Waals surface area (Å²) < 4.78 is 12.9. The average Bonchev–Trinajstić information content (AvgIpc) is 2.14. The smallest absolute Gasteiger partial charge is 0.123 e. The predicted molar refractivity (Wildman–Crippen MR) is 59.3 cm³/mol. The molecule has 0 heterocycles. The van der Waals surface area contributed by atoms with E-state index in [1.807, 2.05) is 13.0 Å². The summed E-state index contributed by atoms with van der Waals surface area (Å²) in [5, 5.41) is 13.1. The van der Waals surface area contributed by atoms with Gasteiger partial charge in [-0.3, -0.25) is 0 Å². The van der Waals surface area contributed by atoms with Gasteiger partial charge in [-0.25, -0.2) is 4.39 Å². The van der Waals surface area contributed by atoms with Gasteiger partial charge in [0, 0.05) is 13.0 Å². The van der Waals surface area contributed by atoms with Crippen molar-refractivity contribution >= 4 is 0 Å². The van der Waals surface area contributed by atoms with E-state index in [2.05, 4.69) is 5.32 Å². The van der Waals surface area contributed by atoms with Crippen molar-refractivity contribution in [3.63, 3.8) is 0 Å². The fourth-order valence-corrected chi connectivity index (χ4v) is 1.54. The van der Waals surface area contributed by atoms with Crippen LogP contribution in [0.3, 0.4) is 0 Å². The minimum absolute atomic E-state index is 0.258. The summed E-state index contributed by atoms with van der Waals surface area (Å²) in [5.41, 5.74) is -0.0121. The summed E-state index contributed by atoms with van der Waals surface area (Å²) in [5.74, 6) is -0.258. The highest BCUT2D eigenvalue weighted by molar-refractivity contribution is 5.18. The first-order valence-electron chi connectivity index (χ1n) is 5.21. The third kappa shape index (κ3) is 4.40. The Labute approximate surface area is 90.1 Å². The Morgan fingerprint density at radius 1 is 1.47 bits per heavy atom. The number of aliphatic hydroxyl groups is 1. The minimum atomic E-state index is -0.830. The van der Waals surface area contributed by atoms with Crippen LogP contribution in [-0.2, 0) is 6.42 Å². The number of benzene rings is 1. The number of hydrogen-bond acceptors (Lipinski definition) is 2. The van der Waals surface area contributed by atoms with E-state index < -0.39 is 5.60 Å². The minimum Gasteiger partial charge on any atom is -0.389 e. The fourth-order valence-electron chi connectivity index (χ4n) is 1.54. The van der Waals surface area contributed by atoms with Crippen LogP contribution >= 0.6 is 0 Å². The van der Waals surface area contributed by atoms with Gasteiger partial charge in [-0.05, 0) is 31.2 Å². The number of likely N-dealkylation sites (N-methyl/N-ethyl adjacent to an activating group) is 1. The van der Waals surface area contributed by atoms with Crippen LogP contribution in [0.5, 0.6) is 0 Å². The van der Waals surface area contributed by atoms with E-state index >= 15 is 0 Å². The van der Waals surface area contributed by atoms with Gasteiger partial charge in [0.25, 0.3) is 0 Å². The molecule has 3 heteroatoms. The highest BCUT2D eigenvalue weighted by Crippen LogP contribution is 2.13. The standard InChI is InChI=1S/C12H18FNO/c1-3-14-9-12(2,15)8-10-5-4-6-11(13)7-10/h4-7,14-15H,3,8-9H2,1-2H3. The van der Waals surface area contributed by atoms with E-state index in [-0.39, 0.29) is 5.82 Å². The quantitative estimate of drug-likeness (QED) is 0.777. The van der Waals surface area contributed by atoms with Crippen molar-refractivity contribution in [1.29, 1.82) is 0 Å². The molecule has 1 rings (SSSR count). The number of hydrogen-bond donors (Lipinski definition) is 2.